The quantitative estimate of drug-likeness (QED) is 0.241. The first-order chi connectivity index (χ1) is 20.4. The molecule has 4 aromatic heterocycles. The smallest absolute Gasteiger partial charge is 0.246 e. The summed E-state index contributed by atoms with van der Waals surface area (Å²) >= 11 is 1.38. The van der Waals surface area contributed by atoms with E-state index in [0.29, 0.717) is 17.5 Å². The number of benzene rings is 1. The van der Waals surface area contributed by atoms with Crippen LogP contribution in [0.1, 0.15) is 24.2 Å². The standard InChI is InChI=1S/C28H29F2N9O2S/c1-17-12-39-23(18-10-32-38(13-18)15-24(40)34-22-7-3-6-21(29)26(22)30)11-31-28(39)27(33-17)35-25-9-19(36-42-25)14-37-8-4-5-20(37)16-41-2/h3,6-7,9-13,20H,4-5,8,14-16H2,1-2H3,(H,33,35)(H,34,40). The maximum atomic E-state index is 13.9. The van der Waals surface area contributed by atoms with Gasteiger partial charge in [0.15, 0.2) is 23.1 Å². The Balaban J connectivity index is 1.17. The number of carbonyl (C=O) groups is 1. The Kier molecular flexibility index (Phi) is 7.91. The first-order valence-electron chi connectivity index (χ1n) is 13.4. The van der Waals surface area contributed by atoms with E-state index in [2.05, 4.69) is 35.0 Å². The number of fused-ring (bicyclic) bond motifs is 1. The number of methoxy groups -OCH3 is 1. The Morgan fingerprint density at radius 1 is 1.24 bits per heavy atom. The minimum atomic E-state index is -1.11. The molecule has 2 N–H and O–H groups in total. The van der Waals surface area contributed by atoms with Crippen LogP contribution in [0.5, 0.6) is 0 Å². The normalized spacial score (nSPS) is 15.5. The fourth-order valence-electron chi connectivity index (χ4n) is 5.18. The van der Waals surface area contributed by atoms with Crippen LogP contribution in [0.4, 0.5) is 25.3 Å². The van der Waals surface area contributed by atoms with Gasteiger partial charge in [-0.05, 0) is 56.0 Å². The monoisotopic (exact) mass is 593 g/mol. The van der Waals surface area contributed by atoms with E-state index in [1.165, 1.54) is 28.3 Å². The lowest BCUT2D eigenvalue weighted by molar-refractivity contribution is -0.116. The molecule has 5 aromatic rings. The van der Waals surface area contributed by atoms with Gasteiger partial charge in [-0.3, -0.25) is 18.8 Å². The summed E-state index contributed by atoms with van der Waals surface area (Å²) in [7, 11) is 1.74. The van der Waals surface area contributed by atoms with Crippen LogP contribution in [0.15, 0.2) is 49.1 Å². The number of hydrogen-bond acceptors (Lipinski definition) is 9. The minimum absolute atomic E-state index is 0.183. The van der Waals surface area contributed by atoms with Crippen LogP contribution >= 0.6 is 11.5 Å². The predicted molar refractivity (Wildman–Crippen MR) is 155 cm³/mol. The van der Waals surface area contributed by atoms with Crippen molar-refractivity contribution in [2.24, 2.45) is 0 Å². The fourth-order valence-corrected chi connectivity index (χ4v) is 5.84. The first kappa shape index (κ1) is 27.9. The number of likely N-dealkylation sites (tertiary alicyclic amines) is 1. The molecule has 1 aliphatic heterocycles. The molecule has 0 bridgehead atoms. The lowest BCUT2D eigenvalue weighted by Gasteiger charge is -2.22. The van der Waals surface area contributed by atoms with Gasteiger partial charge in [-0.15, -0.1) is 0 Å². The van der Waals surface area contributed by atoms with Gasteiger partial charge in [0.25, 0.3) is 0 Å². The third-order valence-corrected chi connectivity index (χ3v) is 7.84. The Labute approximate surface area is 244 Å². The van der Waals surface area contributed by atoms with E-state index in [1.54, 1.807) is 25.7 Å². The predicted octanol–water partition coefficient (Wildman–Crippen LogP) is 4.63. The number of aromatic nitrogens is 6. The SMILES string of the molecule is COCC1CCCN1Cc1cc(Nc2nc(C)cn3c(-c4cnn(CC(=O)Nc5cccc(F)c5F)c4)cnc23)sn1. The third kappa shape index (κ3) is 5.86. The molecule has 1 fully saturated rings. The lowest BCUT2D eigenvalue weighted by Crippen LogP contribution is -2.32. The van der Waals surface area contributed by atoms with Gasteiger partial charge in [-0.25, -0.2) is 18.7 Å². The van der Waals surface area contributed by atoms with E-state index in [9.17, 15) is 13.6 Å². The highest BCUT2D eigenvalue weighted by molar-refractivity contribution is 7.10. The summed E-state index contributed by atoms with van der Waals surface area (Å²) in [5.74, 6) is -2.09. The van der Waals surface area contributed by atoms with Crippen molar-refractivity contribution in [1.82, 2.24) is 33.4 Å². The van der Waals surface area contributed by atoms with Gasteiger partial charge in [-0.1, -0.05) is 6.07 Å². The van der Waals surface area contributed by atoms with Crippen LogP contribution in [0, 0.1) is 18.6 Å². The molecule has 42 heavy (non-hydrogen) atoms. The van der Waals surface area contributed by atoms with Crippen LogP contribution in [0.2, 0.25) is 0 Å². The second-order valence-corrected chi connectivity index (χ2v) is 11.0. The van der Waals surface area contributed by atoms with E-state index in [4.69, 9.17) is 4.74 Å². The molecule has 1 saturated heterocycles. The molecule has 1 amide bonds. The molecule has 6 rings (SSSR count). The highest BCUT2D eigenvalue weighted by atomic mass is 32.1. The molecule has 0 radical (unpaired) electrons. The van der Waals surface area contributed by atoms with Crippen molar-refractivity contribution in [3.8, 4) is 11.3 Å². The molecular weight excluding hydrogens is 564 g/mol. The molecular formula is C28H29F2N9O2S. The number of amides is 1. The number of hydrogen-bond donors (Lipinski definition) is 2. The zero-order chi connectivity index (χ0) is 29.2. The Morgan fingerprint density at radius 3 is 2.98 bits per heavy atom. The molecule has 0 spiro atoms. The number of nitrogens with zero attached hydrogens (tertiary/aromatic N) is 7. The largest absolute Gasteiger partial charge is 0.383 e. The van der Waals surface area contributed by atoms with Gasteiger partial charge in [0.05, 0.1) is 41.8 Å². The number of halogens is 2. The number of nitrogens with one attached hydrogen (secondary N) is 2. The topological polar surface area (TPSA) is 114 Å². The second kappa shape index (κ2) is 11.9. The van der Waals surface area contributed by atoms with Crippen LogP contribution < -0.4 is 10.6 Å². The summed E-state index contributed by atoms with van der Waals surface area (Å²) in [5, 5.41) is 10.9. The molecule has 0 aliphatic carbocycles. The van der Waals surface area contributed by atoms with Gasteiger partial charge in [-0.2, -0.15) is 9.47 Å². The average molecular weight is 594 g/mol. The van der Waals surface area contributed by atoms with Crippen molar-refractivity contribution in [1.29, 1.82) is 0 Å². The summed E-state index contributed by atoms with van der Waals surface area (Å²) in [6.45, 7) is 4.25. The van der Waals surface area contributed by atoms with Crippen molar-refractivity contribution in [3.05, 3.63) is 72.1 Å². The van der Waals surface area contributed by atoms with Gasteiger partial charge in [0.2, 0.25) is 5.91 Å². The van der Waals surface area contributed by atoms with Gasteiger partial charge in [0.1, 0.15) is 11.5 Å². The number of ether oxygens (including phenoxy) is 1. The van der Waals surface area contributed by atoms with Crippen molar-refractivity contribution in [3.63, 3.8) is 0 Å². The van der Waals surface area contributed by atoms with Gasteiger partial charge in [0, 0.05) is 37.7 Å². The summed E-state index contributed by atoms with van der Waals surface area (Å²) in [6, 6.07) is 6.07. The van der Waals surface area contributed by atoms with E-state index in [0.717, 1.165) is 66.3 Å². The zero-order valence-electron chi connectivity index (χ0n) is 23.0. The Morgan fingerprint density at radius 2 is 2.12 bits per heavy atom. The second-order valence-electron chi connectivity index (χ2n) is 10.2. The van der Waals surface area contributed by atoms with Crippen molar-refractivity contribution in [2.45, 2.75) is 38.9 Å². The van der Waals surface area contributed by atoms with E-state index in [1.807, 2.05) is 23.6 Å². The van der Waals surface area contributed by atoms with Crippen LogP contribution in [-0.4, -0.2) is 65.6 Å². The van der Waals surface area contributed by atoms with E-state index >= 15 is 0 Å². The van der Waals surface area contributed by atoms with Crippen molar-refractivity contribution < 1.29 is 18.3 Å². The van der Waals surface area contributed by atoms with Gasteiger partial charge < -0.3 is 15.4 Å². The number of rotatable bonds is 10. The number of imidazole rings is 1. The Bertz CT molecular complexity index is 1730. The van der Waals surface area contributed by atoms with Crippen LogP contribution in [-0.2, 0) is 22.6 Å². The van der Waals surface area contributed by atoms with Crippen molar-refractivity contribution in [2.75, 3.05) is 30.9 Å². The molecule has 5 heterocycles. The average Bonchev–Trinajstić information content (AvgIpc) is 3.76. The van der Waals surface area contributed by atoms with E-state index < -0.39 is 17.5 Å². The summed E-state index contributed by atoms with van der Waals surface area (Å²) in [6.07, 6.45) is 9.20. The minimum Gasteiger partial charge on any atom is -0.383 e. The summed E-state index contributed by atoms with van der Waals surface area (Å²) < 4.78 is 40.7. The number of aryl methyl sites for hydroxylation is 1. The summed E-state index contributed by atoms with van der Waals surface area (Å²) in [5.41, 5.74) is 3.64. The van der Waals surface area contributed by atoms with Crippen LogP contribution in [0.3, 0.4) is 0 Å². The highest BCUT2D eigenvalue weighted by Gasteiger charge is 2.25. The number of carbonyl (C=O) groups excluding carboxylic acids is 1. The summed E-state index contributed by atoms with van der Waals surface area (Å²) in [4.78, 5) is 24.1. The molecule has 1 atom stereocenters. The molecule has 1 unspecified atom stereocenters. The first-order valence-corrected chi connectivity index (χ1v) is 14.2. The molecule has 1 aliphatic rings. The highest BCUT2D eigenvalue weighted by Crippen LogP contribution is 2.29. The molecule has 0 saturated carbocycles. The van der Waals surface area contributed by atoms with Gasteiger partial charge >= 0.3 is 0 Å². The molecule has 1 aromatic carbocycles. The van der Waals surface area contributed by atoms with Crippen LogP contribution in [0.25, 0.3) is 16.9 Å². The molecule has 14 heteroatoms. The maximum absolute atomic E-state index is 13.9. The van der Waals surface area contributed by atoms with E-state index in [-0.39, 0.29) is 12.2 Å². The zero-order valence-corrected chi connectivity index (χ0v) is 23.9. The molecule has 218 valence electrons. The molecule has 11 nitrogen and oxygen atoms in total. The third-order valence-electron chi connectivity index (χ3n) is 7.10. The maximum Gasteiger partial charge on any atom is 0.246 e. The fraction of sp³-hybridized carbons (Fsp3) is 0.321. The van der Waals surface area contributed by atoms with Crippen molar-refractivity contribution >= 4 is 39.6 Å². The lowest BCUT2D eigenvalue weighted by atomic mass is 10.2. The Hall–Kier alpha value is -4.27. The number of anilines is 3.